The standard InChI is InChI=1S/C26H27FN2O4/c1-4-29(26(31)33-17-19-8-6-5-7-9-19)16-22-13-23(27)10-11-24(22)21-12-20(14-28-15-21)18(2)25(30)32-3/h5-15,18H,4,16-17H2,1-3H3. The second-order valence-corrected chi connectivity index (χ2v) is 7.61. The van der Waals surface area contributed by atoms with Crippen LogP contribution in [-0.4, -0.2) is 35.6 Å². The van der Waals surface area contributed by atoms with Crippen LogP contribution >= 0.6 is 0 Å². The lowest BCUT2D eigenvalue weighted by Gasteiger charge is -2.22. The van der Waals surface area contributed by atoms with Crippen molar-refractivity contribution in [3.8, 4) is 11.1 Å². The Morgan fingerprint density at radius 2 is 1.85 bits per heavy atom. The third-order valence-corrected chi connectivity index (χ3v) is 5.40. The summed E-state index contributed by atoms with van der Waals surface area (Å²) >= 11 is 0. The molecule has 0 saturated carbocycles. The summed E-state index contributed by atoms with van der Waals surface area (Å²) < 4.78 is 24.4. The molecule has 0 aliphatic rings. The van der Waals surface area contributed by atoms with Crippen LogP contribution in [0.3, 0.4) is 0 Å². The van der Waals surface area contributed by atoms with Crippen molar-refractivity contribution in [3.63, 3.8) is 0 Å². The number of hydrogen-bond donors (Lipinski definition) is 0. The molecule has 1 unspecified atom stereocenters. The van der Waals surface area contributed by atoms with E-state index in [2.05, 4.69) is 4.98 Å². The zero-order valence-electron chi connectivity index (χ0n) is 19.0. The molecule has 0 saturated heterocycles. The van der Waals surface area contributed by atoms with Gasteiger partial charge in [0.05, 0.1) is 13.0 Å². The Morgan fingerprint density at radius 1 is 1.09 bits per heavy atom. The van der Waals surface area contributed by atoms with E-state index in [1.165, 1.54) is 24.1 Å². The Labute approximate surface area is 193 Å². The highest BCUT2D eigenvalue weighted by Gasteiger charge is 2.19. The molecule has 1 heterocycles. The Morgan fingerprint density at radius 3 is 2.55 bits per heavy atom. The van der Waals surface area contributed by atoms with Crippen molar-refractivity contribution in [1.82, 2.24) is 9.88 Å². The van der Waals surface area contributed by atoms with E-state index < -0.39 is 17.8 Å². The van der Waals surface area contributed by atoms with Crippen LogP contribution in [0.1, 0.15) is 36.5 Å². The molecule has 33 heavy (non-hydrogen) atoms. The van der Waals surface area contributed by atoms with Gasteiger partial charge < -0.3 is 14.4 Å². The fraction of sp³-hybridized carbons (Fsp3) is 0.269. The van der Waals surface area contributed by atoms with E-state index in [0.717, 1.165) is 11.1 Å². The number of aromatic nitrogens is 1. The Hall–Kier alpha value is -3.74. The van der Waals surface area contributed by atoms with Gasteiger partial charge in [-0.25, -0.2) is 9.18 Å². The molecule has 3 rings (SSSR count). The van der Waals surface area contributed by atoms with Crippen molar-refractivity contribution in [2.24, 2.45) is 0 Å². The first kappa shape index (κ1) is 23.9. The maximum Gasteiger partial charge on any atom is 0.410 e. The number of ether oxygens (including phenoxy) is 2. The first-order chi connectivity index (χ1) is 15.9. The number of methoxy groups -OCH3 is 1. The maximum atomic E-state index is 14.1. The van der Waals surface area contributed by atoms with Gasteiger partial charge in [-0.2, -0.15) is 0 Å². The van der Waals surface area contributed by atoms with Crippen molar-refractivity contribution in [2.45, 2.75) is 32.9 Å². The monoisotopic (exact) mass is 450 g/mol. The molecule has 6 nitrogen and oxygen atoms in total. The second kappa shape index (κ2) is 11.2. The number of carbonyl (C=O) groups excluding carboxylic acids is 2. The largest absolute Gasteiger partial charge is 0.469 e. The maximum absolute atomic E-state index is 14.1. The summed E-state index contributed by atoms with van der Waals surface area (Å²) in [5.41, 5.74) is 3.61. The average molecular weight is 451 g/mol. The Bertz CT molecular complexity index is 1100. The number of nitrogens with zero attached hydrogens (tertiary/aromatic N) is 2. The van der Waals surface area contributed by atoms with Crippen LogP contribution in [0.15, 0.2) is 67.0 Å². The zero-order valence-corrected chi connectivity index (χ0v) is 19.0. The molecule has 2 aromatic carbocycles. The molecule has 3 aromatic rings. The molecule has 0 radical (unpaired) electrons. The normalized spacial score (nSPS) is 11.5. The summed E-state index contributed by atoms with van der Waals surface area (Å²) in [5.74, 6) is -1.27. The lowest BCUT2D eigenvalue weighted by Crippen LogP contribution is -2.31. The number of hydrogen-bond acceptors (Lipinski definition) is 5. The van der Waals surface area contributed by atoms with E-state index in [1.807, 2.05) is 43.3 Å². The minimum Gasteiger partial charge on any atom is -0.469 e. The quantitative estimate of drug-likeness (QED) is 0.434. The van der Waals surface area contributed by atoms with E-state index in [4.69, 9.17) is 9.47 Å². The molecule has 0 fully saturated rings. The van der Waals surface area contributed by atoms with Gasteiger partial charge >= 0.3 is 12.1 Å². The van der Waals surface area contributed by atoms with Crippen LogP contribution in [0, 0.1) is 5.82 Å². The first-order valence-corrected chi connectivity index (χ1v) is 10.7. The smallest absolute Gasteiger partial charge is 0.410 e. The van der Waals surface area contributed by atoms with E-state index in [1.54, 1.807) is 25.4 Å². The third kappa shape index (κ3) is 6.16. The fourth-order valence-corrected chi connectivity index (χ4v) is 3.45. The number of amides is 1. The van der Waals surface area contributed by atoms with Gasteiger partial charge in [0.1, 0.15) is 12.4 Å². The molecule has 0 bridgehead atoms. The van der Waals surface area contributed by atoms with Crippen LogP contribution in [0.2, 0.25) is 0 Å². The fourth-order valence-electron chi connectivity index (χ4n) is 3.45. The van der Waals surface area contributed by atoms with Gasteiger partial charge in [0.2, 0.25) is 0 Å². The molecule has 1 atom stereocenters. The van der Waals surface area contributed by atoms with Crippen LogP contribution in [0.4, 0.5) is 9.18 Å². The van der Waals surface area contributed by atoms with Crippen molar-refractivity contribution >= 4 is 12.1 Å². The molecule has 7 heteroatoms. The summed E-state index contributed by atoms with van der Waals surface area (Å²) in [7, 11) is 1.34. The van der Waals surface area contributed by atoms with Crippen LogP contribution in [0.25, 0.3) is 11.1 Å². The van der Waals surface area contributed by atoms with Crippen molar-refractivity contribution in [3.05, 3.63) is 89.5 Å². The minimum absolute atomic E-state index is 0.156. The van der Waals surface area contributed by atoms with E-state index in [0.29, 0.717) is 23.2 Å². The number of halogens is 1. The lowest BCUT2D eigenvalue weighted by atomic mass is 9.96. The highest BCUT2D eigenvalue weighted by molar-refractivity contribution is 5.78. The van der Waals surface area contributed by atoms with E-state index in [9.17, 15) is 14.0 Å². The molecular weight excluding hydrogens is 423 g/mol. The van der Waals surface area contributed by atoms with Gasteiger partial charge in [0.15, 0.2) is 0 Å². The van der Waals surface area contributed by atoms with E-state index in [-0.39, 0.29) is 19.1 Å². The van der Waals surface area contributed by atoms with Crippen LogP contribution in [-0.2, 0) is 27.4 Å². The molecule has 0 aliphatic heterocycles. The summed E-state index contributed by atoms with van der Waals surface area (Å²) in [6.45, 7) is 4.28. The Kier molecular flexibility index (Phi) is 8.13. The van der Waals surface area contributed by atoms with Gasteiger partial charge in [-0.1, -0.05) is 36.4 Å². The number of rotatable bonds is 8. The number of esters is 1. The van der Waals surface area contributed by atoms with Gasteiger partial charge in [-0.15, -0.1) is 0 Å². The Balaban J connectivity index is 1.83. The lowest BCUT2D eigenvalue weighted by molar-refractivity contribution is -0.142. The van der Waals surface area contributed by atoms with Crippen molar-refractivity contribution in [1.29, 1.82) is 0 Å². The van der Waals surface area contributed by atoms with Crippen LogP contribution in [0.5, 0.6) is 0 Å². The van der Waals surface area contributed by atoms with Gasteiger partial charge in [0, 0.05) is 31.0 Å². The zero-order chi connectivity index (χ0) is 23.8. The van der Waals surface area contributed by atoms with Gasteiger partial charge in [0.25, 0.3) is 0 Å². The summed E-state index contributed by atoms with van der Waals surface area (Å²) in [6, 6.07) is 15.6. The summed E-state index contributed by atoms with van der Waals surface area (Å²) in [6.07, 6.45) is 2.77. The van der Waals surface area contributed by atoms with Gasteiger partial charge in [-0.05, 0) is 54.3 Å². The molecule has 0 N–H and O–H groups in total. The highest BCUT2D eigenvalue weighted by Crippen LogP contribution is 2.28. The average Bonchev–Trinajstić information content (AvgIpc) is 2.85. The molecule has 1 aromatic heterocycles. The predicted molar refractivity (Wildman–Crippen MR) is 123 cm³/mol. The van der Waals surface area contributed by atoms with E-state index >= 15 is 0 Å². The van der Waals surface area contributed by atoms with Crippen molar-refractivity contribution in [2.75, 3.05) is 13.7 Å². The first-order valence-electron chi connectivity index (χ1n) is 10.7. The summed E-state index contributed by atoms with van der Waals surface area (Å²) in [4.78, 5) is 30.4. The second-order valence-electron chi connectivity index (χ2n) is 7.61. The molecule has 172 valence electrons. The van der Waals surface area contributed by atoms with Gasteiger partial charge in [-0.3, -0.25) is 9.78 Å². The number of carbonyl (C=O) groups is 2. The third-order valence-electron chi connectivity index (χ3n) is 5.40. The minimum atomic E-state index is -0.494. The molecular formula is C26H27FN2O4. The number of pyridine rings is 1. The van der Waals surface area contributed by atoms with Crippen molar-refractivity contribution < 1.29 is 23.5 Å². The number of benzene rings is 2. The SMILES string of the molecule is CCN(Cc1cc(F)ccc1-c1cncc(C(C)C(=O)OC)c1)C(=O)OCc1ccccc1. The topological polar surface area (TPSA) is 68.7 Å². The molecule has 0 spiro atoms. The molecule has 0 aliphatic carbocycles. The molecule has 1 amide bonds. The highest BCUT2D eigenvalue weighted by atomic mass is 19.1. The summed E-state index contributed by atoms with van der Waals surface area (Å²) in [5, 5.41) is 0. The predicted octanol–water partition coefficient (Wildman–Crippen LogP) is 5.32. The van der Waals surface area contributed by atoms with Crippen LogP contribution < -0.4 is 0 Å².